The molecule has 11 heteroatoms. The van der Waals surface area contributed by atoms with Crippen LogP contribution in [0.3, 0.4) is 0 Å². The smallest absolute Gasteiger partial charge is 0.320 e. The first kappa shape index (κ1) is 33.0. The molecule has 0 bridgehead atoms. The van der Waals surface area contributed by atoms with Gasteiger partial charge in [0, 0.05) is 13.0 Å². The second kappa shape index (κ2) is 15.6. The predicted octanol–water partition coefficient (Wildman–Crippen LogP) is 2.33. The van der Waals surface area contributed by atoms with Crippen molar-refractivity contribution < 1.29 is 34.2 Å². The number of hydrogen-bond acceptors (Lipinski definition) is 7. The molecule has 2 amide bonds. The molecule has 0 spiro atoms. The highest BCUT2D eigenvalue weighted by molar-refractivity contribution is 5.99. The van der Waals surface area contributed by atoms with E-state index in [4.69, 9.17) is 0 Å². The van der Waals surface area contributed by atoms with Crippen LogP contribution in [0.1, 0.15) is 97.3 Å². The van der Waals surface area contributed by atoms with Gasteiger partial charge in [-0.1, -0.05) is 32.1 Å². The number of nitrogens with zero attached hydrogens (tertiary/aromatic N) is 1. The molecule has 0 aromatic carbocycles. The van der Waals surface area contributed by atoms with Crippen LogP contribution in [0.2, 0.25) is 0 Å². The van der Waals surface area contributed by atoms with E-state index in [1.165, 1.54) is 11.8 Å². The molecule has 2 saturated carbocycles. The molecule has 5 atom stereocenters. The molecule has 0 aromatic heterocycles. The van der Waals surface area contributed by atoms with Crippen LogP contribution in [0.25, 0.3) is 0 Å². The SMILES string of the molecule is CCN(CC(=O)N[C@@H](CC(=O)O)C(=O)C1(N[C@@H](C)C(=O)O)CCCC2CCCCC21)C(=O)CCCC1CCNCC1. The van der Waals surface area contributed by atoms with Crippen molar-refractivity contribution in [1.82, 2.24) is 20.9 Å². The summed E-state index contributed by atoms with van der Waals surface area (Å²) in [5.41, 5.74) is -1.23. The Balaban J connectivity index is 1.71. The van der Waals surface area contributed by atoms with Gasteiger partial charge in [0.2, 0.25) is 11.8 Å². The lowest BCUT2D eigenvalue weighted by Crippen LogP contribution is -2.68. The van der Waals surface area contributed by atoms with Gasteiger partial charge in [-0.05, 0) is 83.2 Å². The maximum absolute atomic E-state index is 14.3. The molecule has 2 aliphatic carbocycles. The molecule has 1 heterocycles. The zero-order valence-electron chi connectivity index (χ0n) is 24.8. The van der Waals surface area contributed by atoms with Crippen molar-refractivity contribution in [2.75, 3.05) is 26.2 Å². The van der Waals surface area contributed by atoms with Gasteiger partial charge in [-0.3, -0.25) is 29.3 Å². The minimum Gasteiger partial charge on any atom is -0.481 e. The number of carbonyl (C=O) groups excluding carboxylic acids is 3. The summed E-state index contributed by atoms with van der Waals surface area (Å²) in [4.78, 5) is 65.4. The zero-order chi connectivity index (χ0) is 30.0. The highest BCUT2D eigenvalue weighted by Crippen LogP contribution is 2.47. The van der Waals surface area contributed by atoms with Gasteiger partial charge in [0.1, 0.15) is 6.04 Å². The lowest BCUT2D eigenvalue weighted by Gasteiger charge is -2.51. The zero-order valence-corrected chi connectivity index (χ0v) is 24.8. The van der Waals surface area contributed by atoms with Crippen LogP contribution in [-0.2, 0) is 24.0 Å². The number of aliphatic carboxylic acids is 2. The molecule has 1 aliphatic heterocycles. The van der Waals surface area contributed by atoms with Gasteiger partial charge in [0.05, 0.1) is 24.5 Å². The highest BCUT2D eigenvalue weighted by Gasteiger charge is 2.54. The van der Waals surface area contributed by atoms with E-state index in [0.29, 0.717) is 25.3 Å². The van der Waals surface area contributed by atoms with Gasteiger partial charge in [-0.15, -0.1) is 0 Å². The average Bonchev–Trinajstić information content (AvgIpc) is 2.95. The monoisotopic (exact) mass is 578 g/mol. The molecule has 5 N–H and O–H groups in total. The van der Waals surface area contributed by atoms with Gasteiger partial charge >= 0.3 is 11.9 Å². The lowest BCUT2D eigenvalue weighted by molar-refractivity contribution is -0.147. The lowest BCUT2D eigenvalue weighted by atomic mass is 9.59. The Morgan fingerprint density at radius 1 is 1.00 bits per heavy atom. The fraction of sp³-hybridized carbons (Fsp3) is 0.833. The molecule has 3 rings (SSSR count). The number of carboxylic acid groups (broad SMARTS) is 2. The van der Waals surface area contributed by atoms with E-state index in [0.717, 1.165) is 77.3 Å². The topological polar surface area (TPSA) is 165 Å². The molecule has 3 aliphatic rings. The van der Waals surface area contributed by atoms with Crippen molar-refractivity contribution in [1.29, 1.82) is 0 Å². The maximum atomic E-state index is 14.3. The van der Waals surface area contributed by atoms with Crippen molar-refractivity contribution in [3.05, 3.63) is 0 Å². The van der Waals surface area contributed by atoms with E-state index >= 15 is 0 Å². The van der Waals surface area contributed by atoms with Gasteiger partial charge in [0.25, 0.3) is 0 Å². The van der Waals surface area contributed by atoms with Crippen LogP contribution >= 0.6 is 0 Å². The second-order valence-electron chi connectivity index (χ2n) is 12.3. The summed E-state index contributed by atoms with van der Waals surface area (Å²) in [6, 6.07) is -2.35. The van der Waals surface area contributed by atoms with Crippen LogP contribution in [0.5, 0.6) is 0 Å². The fourth-order valence-corrected chi connectivity index (χ4v) is 7.39. The number of rotatable bonds is 15. The Hall–Kier alpha value is -2.53. The quantitative estimate of drug-likeness (QED) is 0.196. The third-order valence-electron chi connectivity index (χ3n) is 9.53. The number of amides is 2. The van der Waals surface area contributed by atoms with Crippen molar-refractivity contribution >= 4 is 29.5 Å². The Labute approximate surface area is 243 Å². The maximum Gasteiger partial charge on any atom is 0.320 e. The van der Waals surface area contributed by atoms with E-state index in [1.807, 2.05) is 0 Å². The van der Waals surface area contributed by atoms with Gasteiger partial charge in [0.15, 0.2) is 5.78 Å². The first-order valence-corrected chi connectivity index (χ1v) is 15.6. The third kappa shape index (κ3) is 8.98. The van der Waals surface area contributed by atoms with E-state index < -0.39 is 47.7 Å². The number of fused-ring (bicyclic) bond motifs is 1. The Morgan fingerprint density at radius 3 is 2.34 bits per heavy atom. The number of carbonyl (C=O) groups is 5. The van der Waals surface area contributed by atoms with Gasteiger partial charge in [-0.25, -0.2) is 0 Å². The number of carboxylic acids is 2. The van der Waals surface area contributed by atoms with Crippen LogP contribution in [0.4, 0.5) is 0 Å². The molecule has 3 unspecified atom stereocenters. The summed E-state index contributed by atoms with van der Waals surface area (Å²) in [6.07, 6.45) is 9.39. The number of Topliss-reactive ketones (excluding diaryl/α,β-unsaturated/α-hetero) is 1. The number of hydrogen-bond donors (Lipinski definition) is 5. The summed E-state index contributed by atoms with van der Waals surface area (Å²) in [6.45, 7) is 5.35. The Morgan fingerprint density at radius 2 is 1.68 bits per heavy atom. The van der Waals surface area contributed by atoms with Gasteiger partial charge < -0.3 is 25.7 Å². The first-order chi connectivity index (χ1) is 19.6. The standard InChI is InChI=1S/C30H50N4O7/c1-3-34(26(36)12-6-8-21-13-16-31-17-14-21)19-25(35)32-24(18-27(37)38)28(39)30(33-20(2)29(40)41)15-7-10-22-9-4-5-11-23(22)30/h20-24,31,33H,3-19H2,1-2H3,(H,32,35)(H,37,38)(H,40,41)/t20-,22?,23?,24-,30?/m0/s1. The molecule has 0 aromatic rings. The summed E-state index contributed by atoms with van der Waals surface area (Å²) < 4.78 is 0. The summed E-state index contributed by atoms with van der Waals surface area (Å²) >= 11 is 0. The molecule has 1 saturated heterocycles. The predicted molar refractivity (Wildman–Crippen MR) is 153 cm³/mol. The molecular weight excluding hydrogens is 528 g/mol. The molecule has 41 heavy (non-hydrogen) atoms. The van der Waals surface area contributed by atoms with Crippen LogP contribution < -0.4 is 16.0 Å². The average molecular weight is 579 g/mol. The van der Waals surface area contributed by atoms with Crippen LogP contribution in [0, 0.1) is 17.8 Å². The van der Waals surface area contributed by atoms with Crippen LogP contribution in [0.15, 0.2) is 0 Å². The fourth-order valence-electron chi connectivity index (χ4n) is 7.39. The van der Waals surface area contributed by atoms with Crippen molar-refractivity contribution in [2.24, 2.45) is 17.8 Å². The van der Waals surface area contributed by atoms with E-state index in [1.54, 1.807) is 6.92 Å². The third-order valence-corrected chi connectivity index (χ3v) is 9.53. The first-order valence-electron chi connectivity index (χ1n) is 15.6. The second-order valence-corrected chi connectivity index (χ2v) is 12.3. The Kier molecular flexibility index (Phi) is 12.6. The number of piperidine rings is 1. The molecule has 11 nitrogen and oxygen atoms in total. The minimum atomic E-state index is -1.33. The molecule has 0 radical (unpaired) electrons. The van der Waals surface area contributed by atoms with Crippen LogP contribution in [-0.4, -0.2) is 88.5 Å². The van der Waals surface area contributed by atoms with Crippen molar-refractivity contribution in [3.8, 4) is 0 Å². The summed E-state index contributed by atoms with van der Waals surface area (Å²) in [7, 11) is 0. The van der Waals surface area contributed by atoms with E-state index in [-0.39, 0.29) is 24.3 Å². The van der Waals surface area contributed by atoms with Crippen molar-refractivity contribution in [2.45, 2.75) is 115 Å². The molecular formula is C30H50N4O7. The summed E-state index contributed by atoms with van der Waals surface area (Å²) in [5.74, 6) is -2.78. The highest BCUT2D eigenvalue weighted by atomic mass is 16.4. The van der Waals surface area contributed by atoms with E-state index in [9.17, 15) is 34.2 Å². The van der Waals surface area contributed by atoms with Crippen molar-refractivity contribution in [3.63, 3.8) is 0 Å². The largest absolute Gasteiger partial charge is 0.481 e. The Bertz CT molecular complexity index is 936. The molecule has 3 fully saturated rings. The minimum absolute atomic E-state index is 0.124. The number of likely N-dealkylation sites (N-methyl/N-ethyl adjacent to an activating group) is 1. The molecule has 232 valence electrons. The number of ketones is 1. The number of nitrogens with one attached hydrogen (secondary N) is 3. The van der Waals surface area contributed by atoms with E-state index in [2.05, 4.69) is 16.0 Å². The normalized spacial score (nSPS) is 26.3. The van der Waals surface area contributed by atoms with Gasteiger partial charge in [-0.2, -0.15) is 0 Å². The summed E-state index contributed by atoms with van der Waals surface area (Å²) in [5, 5.41) is 28.4.